The Morgan fingerprint density at radius 2 is 1.84 bits per heavy atom. The fraction of sp³-hybridized carbons (Fsp3) is 0.562. The second kappa shape index (κ2) is 8.70. The van der Waals surface area contributed by atoms with E-state index in [1.807, 2.05) is 6.07 Å². The first-order chi connectivity index (χ1) is 9.15. The second-order valence-electron chi connectivity index (χ2n) is 4.95. The first-order valence-electron chi connectivity index (χ1n) is 7.21. The zero-order valence-corrected chi connectivity index (χ0v) is 12.4. The number of aryl methyl sites for hydroxylation is 1. The number of rotatable bonds is 8. The monoisotopic (exact) mass is 262 g/mol. The number of nitrogens with zero attached hydrogens (tertiary/aromatic N) is 1. The van der Waals surface area contributed by atoms with Gasteiger partial charge in [0.2, 0.25) is 5.91 Å². The minimum absolute atomic E-state index is 0.129. The highest BCUT2D eigenvalue weighted by Gasteiger charge is 2.10. The topological polar surface area (TPSA) is 32.3 Å². The molecule has 1 rings (SSSR count). The van der Waals surface area contributed by atoms with Crippen LogP contribution in [0.25, 0.3) is 0 Å². The molecule has 0 saturated heterocycles. The van der Waals surface area contributed by atoms with Crippen LogP contribution in [0.15, 0.2) is 30.3 Å². The first kappa shape index (κ1) is 15.7. The Hall–Kier alpha value is -1.35. The summed E-state index contributed by atoms with van der Waals surface area (Å²) in [6.45, 7) is 8.57. The zero-order chi connectivity index (χ0) is 14.1. The van der Waals surface area contributed by atoms with Crippen molar-refractivity contribution in [2.24, 2.45) is 0 Å². The number of carbonyl (C=O) groups excluding carboxylic acids is 1. The molecule has 0 aliphatic rings. The molecule has 0 bridgehead atoms. The Morgan fingerprint density at radius 1 is 1.21 bits per heavy atom. The number of hydrogen-bond donors (Lipinski definition) is 1. The summed E-state index contributed by atoms with van der Waals surface area (Å²) in [4.78, 5) is 14.0. The zero-order valence-electron chi connectivity index (χ0n) is 12.4. The molecule has 106 valence electrons. The van der Waals surface area contributed by atoms with Gasteiger partial charge in [0, 0.05) is 6.04 Å². The van der Waals surface area contributed by atoms with Crippen molar-refractivity contribution in [1.82, 2.24) is 10.2 Å². The standard InChI is InChI=1S/C16H26N2O/c1-4-18(5-2)13-16(19)17-14(3)11-12-15-9-7-6-8-10-15/h6-10,14H,4-5,11-13H2,1-3H3,(H,17,19). The Kier molecular flexibility index (Phi) is 7.19. The van der Waals surface area contributed by atoms with E-state index in [4.69, 9.17) is 0 Å². The molecule has 3 heteroatoms. The predicted molar refractivity (Wildman–Crippen MR) is 80.2 cm³/mol. The molecule has 0 aliphatic carbocycles. The first-order valence-corrected chi connectivity index (χ1v) is 7.21. The highest BCUT2D eigenvalue weighted by molar-refractivity contribution is 5.78. The van der Waals surface area contributed by atoms with Crippen LogP contribution in [-0.4, -0.2) is 36.5 Å². The molecule has 1 atom stereocenters. The van der Waals surface area contributed by atoms with Gasteiger partial charge in [-0.3, -0.25) is 9.69 Å². The summed E-state index contributed by atoms with van der Waals surface area (Å²) >= 11 is 0. The van der Waals surface area contributed by atoms with E-state index in [0.717, 1.165) is 25.9 Å². The van der Waals surface area contributed by atoms with Crippen LogP contribution in [0.2, 0.25) is 0 Å². The lowest BCUT2D eigenvalue weighted by Crippen LogP contribution is -2.41. The summed E-state index contributed by atoms with van der Waals surface area (Å²) in [6.07, 6.45) is 1.99. The van der Waals surface area contributed by atoms with Gasteiger partial charge in [0.1, 0.15) is 0 Å². The van der Waals surface area contributed by atoms with Crippen LogP contribution in [-0.2, 0) is 11.2 Å². The van der Waals surface area contributed by atoms with Crippen molar-refractivity contribution in [3.05, 3.63) is 35.9 Å². The van der Waals surface area contributed by atoms with E-state index in [2.05, 4.69) is 55.3 Å². The van der Waals surface area contributed by atoms with Gasteiger partial charge in [0.15, 0.2) is 0 Å². The van der Waals surface area contributed by atoms with Gasteiger partial charge in [-0.2, -0.15) is 0 Å². The summed E-state index contributed by atoms with van der Waals surface area (Å²) in [5.74, 6) is 0.129. The van der Waals surface area contributed by atoms with E-state index in [1.54, 1.807) is 0 Å². The second-order valence-corrected chi connectivity index (χ2v) is 4.95. The molecule has 3 nitrogen and oxygen atoms in total. The van der Waals surface area contributed by atoms with Gasteiger partial charge in [-0.15, -0.1) is 0 Å². The average molecular weight is 262 g/mol. The molecular weight excluding hydrogens is 236 g/mol. The Morgan fingerprint density at radius 3 is 2.42 bits per heavy atom. The highest BCUT2D eigenvalue weighted by atomic mass is 16.2. The van der Waals surface area contributed by atoms with Crippen molar-refractivity contribution in [2.45, 2.75) is 39.7 Å². The third-order valence-electron chi connectivity index (χ3n) is 3.38. The normalized spacial score (nSPS) is 12.4. The summed E-state index contributed by atoms with van der Waals surface area (Å²) in [6, 6.07) is 10.6. The largest absolute Gasteiger partial charge is 0.353 e. The molecule has 0 aromatic heterocycles. The molecule has 0 fully saturated rings. The molecule has 19 heavy (non-hydrogen) atoms. The Bertz CT molecular complexity index is 360. The van der Waals surface area contributed by atoms with Crippen molar-refractivity contribution in [3.63, 3.8) is 0 Å². The minimum Gasteiger partial charge on any atom is -0.353 e. The molecule has 1 unspecified atom stereocenters. The van der Waals surface area contributed by atoms with Crippen LogP contribution >= 0.6 is 0 Å². The van der Waals surface area contributed by atoms with Gasteiger partial charge in [-0.25, -0.2) is 0 Å². The van der Waals surface area contributed by atoms with E-state index in [1.165, 1.54) is 5.56 Å². The van der Waals surface area contributed by atoms with Gasteiger partial charge < -0.3 is 5.32 Å². The molecule has 1 N–H and O–H groups in total. The summed E-state index contributed by atoms with van der Waals surface area (Å²) < 4.78 is 0. The van der Waals surface area contributed by atoms with Crippen molar-refractivity contribution in [1.29, 1.82) is 0 Å². The lowest BCUT2D eigenvalue weighted by atomic mass is 10.1. The number of nitrogens with one attached hydrogen (secondary N) is 1. The van der Waals surface area contributed by atoms with Crippen LogP contribution in [0, 0.1) is 0 Å². The lowest BCUT2D eigenvalue weighted by Gasteiger charge is -2.20. The van der Waals surface area contributed by atoms with Crippen LogP contribution in [0.4, 0.5) is 0 Å². The lowest BCUT2D eigenvalue weighted by molar-refractivity contribution is -0.122. The number of hydrogen-bond acceptors (Lipinski definition) is 2. The van der Waals surface area contributed by atoms with Crippen molar-refractivity contribution in [2.75, 3.05) is 19.6 Å². The van der Waals surface area contributed by atoms with Crippen LogP contribution in [0.5, 0.6) is 0 Å². The van der Waals surface area contributed by atoms with E-state index >= 15 is 0 Å². The van der Waals surface area contributed by atoms with Crippen molar-refractivity contribution >= 4 is 5.91 Å². The summed E-state index contributed by atoms with van der Waals surface area (Å²) in [7, 11) is 0. The Labute approximate surface area is 117 Å². The molecular formula is C16H26N2O. The Balaban J connectivity index is 2.27. The van der Waals surface area contributed by atoms with E-state index in [-0.39, 0.29) is 11.9 Å². The molecule has 1 aromatic carbocycles. The van der Waals surface area contributed by atoms with Gasteiger partial charge in [0.05, 0.1) is 6.54 Å². The third kappa shape index (κ3) is 6.39. The maximum absolute atomic E-state index is 11.8. The van der Waals surface area contributed by atoms with Gasteiger partial charge in [0.25, 0.3) is 0 Å². The quantitative estimate of drug-likeness (QED) is 0.780. The molecule has 0 saturated carbocycles. The van der Waals surface area contributed by atoms with E-state index in [0.29, 0.717) is 6.54 Å². The summed E-state index contributed by atoms with van der Waals surface area (Å²) in [5.41, 5.74) is 1.33. The van der Waals surface area contributed by atoms with Crippen molar-refractivity contribution in [3.8, 4) is 0 Å². The molecule has 1 aromatic rings. The third-order valence-corrected chi connectivity index (χ3v) is 3.38. The molecule has 0 heterocycles. The minimum atomic E-state index is 0.129. The van der Waals surface area contributed by atoms with Crippen LogP contribution in [0.3, 0.4) is 0 Å². The van der Waals surface area contributed by atoms with Crippen molar-refractivity contribution < 1.29 is 4.79 Å². The average Bonchev–Trinajstić information content (AvgIpc) is 2.43. The maximum atomic E-state index is 11.8. The summed E-state index contributed by atoms with van der Waals surface area (Å²) in [5, 5.41) is 3.07. The molecule has 0 radical (unpaired) electrons. The van der Waals surface area contributed by atoms with Gasteiger partial charge in [-0.05, 0) is 38.4 Å². The van der Waals surface area contributed by atoms with Crippen LogP contribution in [0.1, 0.15) is 32.8 Å². The fourth-order valence-corrected chi connectivity index (χ4v) is 2.07. The van der Waals surface area contributed by atoms with E-state index in [9.17, 15) is 4.79 Å². The van der Waals surface area contributed by atoms with Gasteiger partial charge in [-0.1, -0.05) is 44.2 Å². The molecule has 0 aliphatic heterocycles. The highest BCUT2D eigenvalue weighted by Crippen LogP contribution is 2.04. The van der Waals surface area contributed by atoms with Gasteiger partial charge >= 0.3 is 0 Å². The SMILES string of the molecule is CCN(CC)CC(=O)NC(C)CCc1ccccc1. The predicted octanol–water partition coefficient (Wildman–Crippen LogP) is 2.47. The number of carbonyl (C=O) groups is 1. The number of likely N-dealkylation sites (N-methyl/N-ethyl adjacent to an activating group) is 1. The molecule has 0 spiro atoms. The smallest absolute Gasteiger partial charge is 0.234 e. The molecule has 1 amide bonds. The maximum Gasteiger partial charge on any atom is 0.234 e. The van der Waals surface area contributed by atoms with E-state index < -0.39 is 0 Å². The number of amides is 1. The number of benzene rings is 1. The fourth-order valence-electron chi connectivity index (χ4n) is 2.07. The van der Waals surface area contributed by atoms with Crippen LogP contribution < -0.4 is 5.32 Å².